The maximum atomic E-state index is 6.19. The van der Waals surface area contributed by atoms with E-state index in [9.17, 15) is 0 Å². The van der Waals surface area contributed by atoms with Crippen LogP contribution in [0.5, 0.6) is 0 Å². The van der Waals surface area contributed by atoms with E-state index < -0.39 is 0 Å². The van der Waals surface area contributed by atoms with Gasteiger partial charge in [-0.1, -0.05) is 26.2 Å². The number of nitrogens with zero attached hydrogens (tertiary/aromatic N) is 1. The third kappa shape index (κ3) is 3.46. The van der Waals surface area contributed by atoms with E-state index in [2.05, 4.69) is 11.8 Å². The van der Waals surface area contributed by atoms with E-state index in [0.717, 1.165) is 19.7 Å². The Balaban J connectivity index is 1.95. The quantitative estimate of drug-likeness (QED) is 0.819. The van der Waals surface area contributed by atoms with E-state index >= 15 is 0 Å². The lowest BCUT2D eigenvalue weighted by Gasteiger charge is -2.46. The van der Waals surface area contributed by atoms with Gasteiger partial charge in [0.1, 0.15) is 0 Å². The molecule has 2 fully saturated rings. The van der Waals surface area contributed by atoms with Crippen molar-refractivity contribution in [2.45, 2.75) is 69.9 Å². The summed E-state index contributed by atoms with van der Waals surface area (Å²) in [4.78, 5) is 2.61. The summed E-state index contributed by atoms with van der Waals surface area (Å²) >= 11 is 0. The maximum absolute atomic E-state index is 6.19. The summed E-state index contributed by atoms with van der Waals surface area (Å²) in [6.45, 7) is 6.24. The molecule has 1 atom stereocenters. The highest BCUT2D eigenvalue weighted by Gasteiger charge is 2.39. The Hall–Kier alpha value is -0.120. The fraction of sp³-hybridized carbons (Fsp3) is 1.00. The average Bonchev–Trinajstić information content (AvgIpc) is 2.39. The predicted molar refractivity (Wildman–Crippen MR) is 75.7 cm³/mol. The first-order chi connectivity index (χ1) is 8.79. The molecular weight excluding hydrogens is 224 g/mol. The molecule has 2 rings (SSSR count). The lowest BCUT2D eigenvalue weighted by molar-refractivity contribution is -0.124. The van der Waals surface area contributed by atoms with Gasteiger partial charge in [-0.2, -0.15) is 0 Å². The third-order valence-electron chi connectivity index (χ3n) is 4.68. The molecule has 1 heterocycles. The molecule has 18 heavy (non-hydrogen) atoms. The zero-order chi connectivity index (χ0) is 12.8. The Morgan fingerprint density at radius 1 is 1.22 bits per heavy atom. The topological polar surface area (TPSA) is 38.5 Å². The molecule has 1 saturated heterocycles. The van der Waals surface area contributed by atoms with Gasteiger partial charge in [0.15, 0.2) is 0 Å². The highest BCUT2D eigenvalue weighted by molar-refractivity contribution is 4.92. The summed E-state index contributed by atoms with van der Waals surface area (Å²) < 4.78 is 6.19. The first-order valence-corrected chi connectivity index (χ1v) is 7.88. The summed E-state index contributed by atoms with van der Waals surface area (Å²) in [5, 5.41) is 0. The van der Waals surface area contributed by atoms with Gasteiger partial charge < -0.3 is 10.5 Å². The van der Waals surface area contributed by atoms with Gasteiger partial charge in [0, 0.05) is 25.7 Å². The van der Waals surface area contributed by atoms with Gasteiger partial charge in [-0.25, -0.2) is 0 Å². The summed E-state index contributed by atoms with van der Waals surface area (Å²) in [7, 11) is 0. The first-order valence-electron chi connectivity index (χ1n) is 7.88. The molecule has 1 spiro atoms. The van der Waals surface area contributed by atoms with Crippen LogP contribution in [0.15, 0.2) is 0 Å². The summed E-state index contributed by atoms with van der Waals surface area (Å²) in [6.07, 6.45) is 10.4. The van der Waals surface area contributed by atoms with Crippen molar-refractivity contribution in [2.75, 3.05) is 26.2 Å². The molecule has 0 amide bonds. The standard InChI is InChI=1S/C15H30N2O/c1-2-10-17(11-9-16)14-6-12-18-15(13-14)7-4-3-5-8-15/h14H,2-13,16H2,1H3. The van der Waals surface area contributed by atoms with Gasteiger partial charge in [0.25, 0.3) is 0 Å². The van der Waals surface area contributed by atoms with E-state index in [4.69, 9.17) is 10.5 Å². The van der Waals surface area contributed by atoms with E-state index in [-0.39, 0.29) is 5.60 Å². The van der Waals surface area contributed by atoms with Crippen LogP contribution >= 0.6 is 0 Å². The van der Waals surface area contributed by atoms with Crippen LogP contribution in [0.1, 0.15) is 58.3 Å². The van der Waals surface area contributed by atoms with Crippen molar-refractivity contribution >= 4 is 0 Å². The second kappa shape index (κ2) is 6.88. The van der Waals surface area contributed by atoms with E-state index in [1.165, 1.54) is 57.9 Å². The smallest absolute Gasteiger partial charge is 0.0697 e. The third-order valence-corrected chi connectivity index (χ3v) is 4.68. The lowest BCUT2D eigenvalue weighted by Crippen LogP contribution is -2.50. The van der Waals surface area contributed by atoms with Crippen molar-refractivity contribution in [3.8, 4) is 0 Å². The van der Waals surface area contributed by atoms with Gasteiger partial charge in [-0.15, -0.1) is 0 Å². The van der Waals surface area contributed by atoms with E-state index in [1.807, 2.05) is 0 Å². The molecular formula is C15H30N2O. The lowest BCUT2D eigenvalue weighted by atomic mass is 9.78. The second-order valence-electron chi connectivity index (χ2n) is 6.06. The van der Waals surface area contributed by atoms with E-state index in [0.29, 0.717) is 6.04 Å². The molecule has 0 aromatic carbocycles. The van der Waals surface area contributed by atoms with Gasteiger partial charge in [-0.05, 0) is 38.6 Å². The first kappa shape index (κ1) is 14.3. The largest absolute Gasteiger partial charge is 0.375 e. The molecule has 0 aromatic rings. The molecule has 3 nitrogen and oxygen atoms in total. The molecule has 0 bridgehead atoms. The molecule has 106 valence electrons. The van der Waals surface area contributed by atoms with Crippen LogP contribution < -0.4 is 5.73 Å². The van der Waals surface area contributed by atoms with Crippen LogP contribution in [0.3, 0.4) is 0 Å². The maximum Gasteiger partial charge on any atom is 0.0697 e. The fourth-order valence-electron chi connectivity index (χ4n) is 3.79. The molecule has 1 aliphatic carbocycles. The number of nitrogens with two attached hydrogens (primary N) is 1. The Kier molecular flexibility index (Phi) is 5.46. The Bertz CT molecular complexity index is 227. The van der Waals surface area contributed by atoms with Crippen molar-refractivity contribution in [3.63, 3.8) is 0 Å². The normalized spacial score (nSPS) is 27.8. The minimum absolute atomic E-state index is 0.224. The Labute approximate surface area is 112 Å². The summed E-state index contributed by atoms with van der Waals surface area (Å²) in [5.41, 5.74) is 5.99. The summed E-state index contributed by atoms with van der Waals surface area (Å²) in [6, 6.07) is 0.709. The van der Waals surface area contributed by atoms with Crippen LogP contribution in [-0.2, 0) is 4.74 Å². The molecule has 1 saturated carbocycles. The van der Waals surface area contributed by atoms with Crippen LogP contribution in [0.4, 0.5) is 0 Å². The molecule has 0 aromatic heterocycles. The van der Waals surface area contributed by atoms with Gasteiger partial charge in [0.05, 0.1) is 5.60 Å². The molecule has 1 aliphatic heterocycles. The van der Waals surface area contributed by atoms with Crippen LogP contribution in [-0.4, -0.2) is 42.8 Å². The molecule has 2 aliphatic rings. The van der Waals surface area contributed by atoms with Crippen molar-refractivity contribution in [3.05, 3.63) is 0 Å². The van der Waals surface area contributed by atoms with E-state index in [1.54, 1.807) is 0 Å². The van der Waals surface area contributed by atoms with Crippen molar-refractivity contribution in [2.24, 2.45) is 5.73 Å². The van der Waals surface area contributed by atoms with Crippen LogP contribution in [0, 0.1) is 0 Å². The molecule has 3 heteroatoms. The Morgan fingerprint density at radius 2 is 2.00 bits per heavy atom. The highest BCUT2D eigenvalue weighted by atomic mass is 16.5. The molecule has 1 unspecified atom stereocenters. The van der Waals surface area contributed by atoms with Gasteiger partial charge in [-0.3, -0.25) is 4.90 Å². The van der Waals surface area contributed by atoms with Gasteiger partial charge >= 0.3 is 0 Å². The second-order valence-corrected chi connectivity index (χ2v) is 6.06. The zero-order valence-electron chi connectivity index (χ0n) is 12.0. The minimum Gasteiger partial charge on any atom is -0.375 e. The number of ether oxygens (including phenoxy) is 1. The SMILES string of the molecule is CCCN(CCN)C1CCOC2(CCCCC2)C1. The minimum atomic E-state index is 0.224. The monoisotopic (exact) mass is 254 g/mol. The van der Waals surface area contributed by atoms with Crippen LogP contribution in [0.25, 0.3) is 0 Å². The van der Waals surface area contributed by atoms with Crippen LogP contribution in [0.2, 0.25) is 0 Å². The number of hydrogen-bond acceptors (Lipinski definition) is 3. The van der Waals surface area contributed by atoms with Crippen molar-refractivity contribution in [1.29, 1.82) is 0 Å². The molecule has 0 radical (unpaired) electrons. The number of rotatable bonds is 5. The highest BCUT2D eigenvalue weighted by Crippen LogP contribution is 2.39. The number of hydrogen-bond donors (Lipinski definition) is 1. The molecule has 2 N–H and O–H groups in total. The van der Waals surface area contributed by atoms with Crippen molar-refractivity contribution in [1.82, 2.24) is 4.90 Å². The fourth-order valence-corrected chi connectivity index (χ4v) is 3.79. The average molecular weight is 254 g/mol. The van der Waals surface area contributed by atoms with Crippen molar-refractivity contribution < 1.29 is 4.74 Å². The Morgan fingerprint density at radius 3 is 2.67 bits per heavy atom. The zero-order valence-corrected chi connectivity index (χ0v) is 12.0. The predicted octanol–water partition coefficient (Wildman–Crippen LogP) is 2.54. The summed E-state index contributed by atoms with van der Waals surface area (Å²) in [5.74, 6) is 0. The van der Waals surface area contributed by atoms with Gasteiger partial charge in [0.2, 0.25) is 0 Å².